The van der Waals surface area contributed by atoms with Crippen molar-refractivity contribution >= 4 is 5.91 Å². The van der Waals surface area contributed by atoms with Gasteiger partial charge in [0, 0.05) is 31.1 Å². The van der Waals surface area contributed by atoms with Gasteiger partial charge in [-0.3, -0.25) is 9.69 Å². The van der Waals surface area contributed by atoms with Crippen LogP contribution < -0.4 is 5.32 Å². The largest absolute Gasteiger partial charge is 0.379 e. The van der Waals surface area contributed by atoms with Crippen LogP contribution in [0.4, 0.5) is 0 Å². The molecule has 1 aliphatic heterocycles. The van der Waals surface area contributed by atoms with Crippen molar-refractivity contribution in [2.24, 2.45) is 5.92 Å². The van der Waals surface area contributed by atoms with Crippen LogP contribution in [0.15, 0.2) is 12.2 Å². The fourth-order valence-corrected chi connectivity index (χ4v) is 4.28. The molecule has 3 aliphatic rings. The summed E-state index contributed by atoms with van der Waals surface area (Å²) in [6, 6.07) is 0. The van der Waals surface area contributed by atoms with Crippen LogP contribution in [-0.4, -0.2) is 49.2 Å². The fraction of sp³-hybridized carbons (Fsp3) is 0.833. The van der Waals surface area contributed by atoms with Crippen LogP contribution in [0.1, 0.15) is 51.4 Å². The summed E-state index contributed by atoms with van der Waals surface area (Å²) in [6.07, 6.45) is 13.7. The predicted molar refractivity (Wildman–Crippen MR) is 87.7 cm³/mol. The van der Waals surface area contributed by atoms with Crippen LogP contribution in [0.2, 0.25) is 0 Å². The maximum Gasteiger partial charge on any atom is 0.223 e. The van der Waals surface area contributed by atoms with Gasteiger partial charge in [-0.05, 0) is 32.1 Å². The first kappa shape index (κ1) is 16.0. The summed E-state index contributed by atoms with van der Waals surface area (Å²) in [5, 5.41) is 3.30. The molecule has 1 atom stereocenters. The van der Waals surface area contributed by atoms with Gasteiger partial charge in [0.2, 0.25) is 5.91 Å². The monoisotopic (exact) mass is 306 g/mol. The van der Waals surface area contributed by atoms with E-state index in [1.54, 1.807) is 0 Å². The molecule has 1 amide bonds. The summed E-state index contributed by atoms with van der Waals surface area (Å²) in [7, 11) is 0. The first-order chi connectivity index (χ1) is 10.8. The number of ether oxygens (including phenoxy) is 1. The third kappa shape index (κ3) is 3.72. The van der Waals surface area contributed by atoms with E-state index in [1.807, 2.05) is 0 Å². The maximum atomic E-state index is 12.5. The van der Waals surface area contributed by atoms with Gasteiger partial charge >= 0.3 is 0 Å². The Morgan fingerprint density at radius 2 is 1.95 bits per heavy atom. The predicted octanol–water partition coefficient (Wildman–Crippen LogP) is 2.49. The second-order valence-electron chi connectivity index (χ2n) is 7.08. The molecule has 0 aromatic heterocycles. The van der Waals surface area contributed by atoms with Gasteiger partial charge in [0.05, 0.1) is 13.2 Å². The summed E-state index contributed by atoms with van der Waals surface area (Å²) in [5.74, 6) is 0.456. The lowest BCUT2D eigenvalue weighted by Crippen LogP contribution is -2.60. The van der Waals surface area contributed by atoms with Gasteiger partial charge < -0.3 is 10.1 Å². The maximum absolute atomic E-state index is 12.5. The minimum absolute atomic E-state index is 0.183. The van der Waals surface area contributed by atoms with E-state index >= 15 is 0 Å². The smallest absolute Gasteiger partial charge is 0.223 e. The van der Waals surface area contributed by atoms with Crippen molar-refractivity contribution < 1.29 is 9.53 Å². The average molecular weight is 306 g/mol. The number of hydrogen-bond donors (Lipinski definition) is 1. The van der Waals surface area contributed by atoms with E-state index in [2.05, 4.69) is 22.4 Å². The third-order valence-corrected chi connectivity index (χ3v) is 5.70. The van der Waals surface area contributed by atoms with Crippen molar-refractivity contribution in [2.45, 2.75) is 56.9 Å². The molecule has 124 valence electrons. The number of amides is 1. The van der Waals surface area contributed by atoms with E-state index < -0.39 is 0 Å². The topological polar surface area (TPSA) is 41.6 Å². The minimum atomic E-state index is 0.183. The first-order valence-electron chi connectivity index (χ1n) is 9.06. The highest BCUT2D eigenvalue weighted by atomic mass is 16.5. The SMILES string of the molecule is O=C(NCC1(N2CCOCC2)CCCCC1)C1CC=CCC1. The Morgan fingerprint density at radius 3 is 2.64 bits per heavy atom. The molecule has 0 radical (unpaired) electrons. The van der Waals surface area contributed by atoms with Gasteiger partial charge in [-0.15, -0.1) is 0 Å². The minimum Gasteiger partial charge on any atom is -0.379 e. The quantitative estimate of drug-likeness (QED) is 0.811. The summed E-state index contributed by atoms with van der Waals surface area (Å²) in [4.78, 5) is 15.1. The Balaban J connectivity index is 1.59. The fourth-order valence-electron chi connectivity index (χ4n) is 4.28. The highest BCUT2D eigenvalue weighted by Gasteiger charge is 2.39. The van der Waals surface area contributed by atoms with Crippen LogP contribution in [0.5, 0.6) is 0 Å². The standard InChI is InChI=1S/C18H30N2O2/c21-17(16-7-3-1-4-8-16)19-15-18(9-5-2-6-10-18)20-11-13-22-14-12-20/h1,3,16H,2,4-15H2,(H,19,21). The Morgan fingerprint density at radius 1 is 1.18 bits per heavy atom. The molecule has 1 saturated carbocycles. The summed E-state index contributed by atoms with van der Waals surface area (Å²) in [5.41, 5.74) is 0.183. The normalized spacial score (nSPS) is 29.2. The lowest BCUT2D eigenvalue weighted by atomic mass is 9.79. The number of nitrogens with one attached hydrogen (secondary N) is 1. The summed E-state index contributed by atoms with van der Waals surface area (Å²) >= 11 is 0. The van der Waals surface area contributed by atoms with Crippen LogP contribution in [0, 0.1) is 5.92 Å². The van der Waals surface area contributed by atoms with E-state index in [1.165, 1.54) is 32.1 Å². The Bertz CT molecular complexity index is 396. The zero-order valence-corrected chi connectivity index (χ0v) is 13.7. The Hall–Kier alpha value is -0.870. The van der Waals surface area contributed by atoms with Crippen LogP contribution in [0.25, 0.3) is 0 Å². The number of nitrogens with zero attached hydrogens (tertiary/aromatic N) is 1. The highest BCUT2D eigenvalue weighted by Crippen LogP contribution is 2.34. The molecule has 2 aliphatic carbocycles. The molecule has 3 rings (SSSR count). The molecule has 0 bridgehead atoms. The Labute approximate surface area is 134 Å². The molecule has 0 aromatic carbocycles. The number of rotatable bonds is 4. The lowest BCUT2D eigenvalue weighted by Gasteiger charge is -2.48. The van der Waals surface area contributed by atoms with E-state index in [0.29, 0.717) is 0 Å². The molecule has 1 N–H and O–H groups in total. The van der Waals surface area contributed by atoms with Crippen molar-refractivity contribution in [3.8, 4) is 0 Å². The zero-order valence-electron chi connectivity index (χ0n) is 13.7. The van der Waals surface area contributed by atoms with E-state index in [9.17, 15) is 4.79 Å². The van der Waals surface area contributed by atoms with Gasteiger partial charge in [-0.25, -0.2) is 0 Å². The molecule has 0 aromatic rings. The number of hydrogen-bond acceptors (Lipinski definition) is 3. The molecule has 4 heteroatoms. The van der Waals surface area contributed by atoms with Gasteiger partial charge in [0.1, 0.15) is 0 Å². The van der Waals surface area contributed by atoms with Crippen LogP contribution in [0.3, 0.4) is 0 Å². The van der Waals surface area contributed by atoms with Crippen molar-refractivity contribution in [2.75, 3.05) is 32.8 Å². The molecule has 22 heavy (non-hydrogen) atoms. The second-order valence-corrected chi connectivity index (χ2v) is 7.08. The van der Waals surface area contributed by atoms with Crippen LogP contribution in [-0.2, 0) is 9.53 Å². The molecular weight excluding hydrogens is 276 g/mol. The van der Waals surface area contributed by atoms with Gasteiger partial charge in [-0.1, -0.05) is 31.4 Å². The molecule has 1 heterocycles. The molecule has 1 unspecified atom stereocenters. The molecule has 4 nitrogen and oxygen atoms in total. The van der Waals surface area contributed by atoms with Crippen molar-refractivity contribution in [3.63, 3.8) is 0 Å². The van der Waals surface area contributed by atoms with Gasteiger partial charge in [-0.2, -0.15) is 0 Å². The van der Waals surface area contributed by atoms with E-state index in [4.69, 9.17) is 4.74 Å². The molecule has 2 fully saturated rings. The van der Waals surface area contributed by atoms with E-state index in [0.717, 1.165) is 52.1 Å². The molecule has 0 spiro atoms. The molecule has 1 saturated heterocycles. The van der Waals surface area contributed by atoms with Gasteiger partial charge in [0.15, 0.2) is 0 Å². The number of allylic oxidation sites excluding steroid dienone is 2. The number of morpholine rings is 1. The Kier molecular flexibility index (Phi) is 5.53. The first-order valence-corrected chi connectivity index (χ1v) is 9.06. The van der Waals surface area contributed by atoms with Gasteiger partial charge in [0.25, 0.3) is 0 Å². The third-order valence-electron chi connectivity index (χ3n) is 5.70. The average Bonchev–Trinajstić information content (AvgIpc) is 2.62. The second kappa shape index (κ2) is 7.60. The van der Waals surface area contributed by atoms with E-state index in [-0.39, 0.29) is 17.4 Å². The number of carbonyl (C=O) groups is 1. The zero-order chi connectivity index (χ0) is 15.3. The summed E-state index contributed by atoms with van der Waals surface area (Å²) in [6.45, 7) is 4.53. The highest BCUT2D eigenvalue weighted by molar-refractivity contribution is 5.79. The molecular formula is C18H30N2O2. The van der Waals surface area contributed by atoms with Crippen molar-refractivity contribution in [1.82, 2.24) is 10.2 Å². The number of carbonyl (C=O) groups excluding carboxylic acids is 1. The summed E-state index contributed by atoms with van der Waals surface area (Å²) < 4.78 is 5.52. The van der Waals surface area contributed by atoms with Crippen molar-refractivity contribution in [3.05, 3.63) is 12.2 Å². The van der Waals surface area contributed by atoms with Crippen molar-refractivity contribution in [1.29, 1.82) is 0 Å². The lowest BCUT2D eigenvalue weighted by molar-refractivity contribution is -0.126. The van der Waals surface area contributed by atoms with Crippen LogP contribution >= 0.6 is 0 Å².